The van der Waals surface area contributed by atoms with Crippen molar-refractivity contribution >= 4 is 17.6 Å². The van der Waals surface area contributed by atoms with Gasteiger partial charge in [-0.2, -0.15) is 0 Å². The zero-order valence-corrected chi connectivity index (χ0v) is 15.0. The van der Waals surface area contributed by atoms with Gasteiger partial charge < -0.3 is 15.3 Å². The second kappa shape index (κ2) is 9.66. The molecular formula is C20H22F2N2O3. The van der Waals surface area contributed by atoms with Crippen molar-refractivity contribution in [3.8, 4) is 0 Å². The highest BCUT2D eigenvalue weighted by Gasteiger charge is 2.28. The van der Waals surface area contributed by atoms with Crippen LogP contribution in [0.3, 0.4) is 0 Å². The Bertz CT molecular complexity index is 764. The van der Waals surface area contributed by atoms with Crippen molar-refractivity contribution in [1.82, 2.24) is 4.90 Å². The van der Waals surface area contributed by atoms with E-state index in [9.17, 15) is 18.4 Å². The Hall–Kier alpha value is -2.96. The summed E-state index contributed by atoms with van der Waals surface area (Å²) < 4.78 is 25.0. The van der Waals surface area contributed by atoms with E-state index in [0.29, 0.717) is 24.9 Å². The first-order valence-electron chi connectivity index (χ1n) is 8.61. The standard InChI is InChI=1S/C13H14FNO3.C7H8FN/c14-11-5-3-9(4-6-11)12(16)15-7-1-2-10(8-15)13(17)18;1-9-7-4-2-6(8)3-5-7/h3-6,10H,1-2,7-8H2,(H,17,18);2-5,9H,1H3/t10-;/m0./s1. The van der Waals surface area contributed by atoms with Gasteiger partial charge in [0.15, 0.2) is 0 Å². The van der Waals surface area contributed by atoms with Gasteiger partial charge in [-0.15, -0.1) is 0 Å². The monoisotopic (exact) mass is 376 g/mol. The lowest BCUT2D eigenvalue weighted by Crippen LogP contribution is -2.42. The molecule has 2 N–H and O–H groups in total. The van der Waals surface area contributed by atoms with Gasteiger partial charge in [-0.05, 0) is 61.4 Å². The molecule has 1 fully saturated rings. The van der Waals surface area contributed by atoms with Crippen LogP contribution in [0.4, 0.5) is 14.5 Å². The van der Waals surface area contributed by atoms with Gasteiger partial charge in [0.25, 0.3) is 5.91 Å². The van der Waals surface area contributed by atoms with Gasteiger partial charge in [0, 0.05) is 31.4 Å². The molecule has 0 saturated carbocycles. The molecule has 2 aromatic rings. The third kappa shape index (κ3) is 6.06. The lowest BCUT2D eigenvalue weighted by molar-refractivity contribution is -0.143. The lowest BCUT2D eigenvalue weighted by atomic mass is 9.97. The second-order valence-electron chi connectivity index (χ2n) is 6.19. The molecule has 1 saturated heterocycles. The van der Waals surface area contributed by atoms with E-state index in [-0.39, 0.29) is 18.3 Å². The molecule has 2 aromatic carbocycles. The molecule has 1 aliphatic heterocycles. The van der Waals surface area contributed by atoms with Gasteiger partial charge in [0.05, 0.1) is 5.92 Å². The molecule has 0 unspecified atom stereocenters. The number of piperidine rings is 1. The third-order valence-electron chi connectivity index (χ3n) is 4.28. The summed E-state index contributed by atoms with van der Waals surface area (Å²) in [6.45, 7) is 0.783. The number of aliphatic carboxylic acids is 1. The summed E-state index contributed by atoms with van der Waals surface area (Å²) in [5, 5.41) is 11.8. The first-order valence-corrected chi connectivity index (χ1v) is 8.61. The number of rotatable bonds is 3. The molecule has 144 valence electrons. The molecule has 5 nitrogen and oxygen atoms in total. The van der Waals surface area contributed by atoms with Crippen molar-refractivity contribution in [1.29, 1.82) is 0 Å². The predicted molar refractivity (Wildman–Crippen MR) is 98.6 cm³/mol. The van der Waals surface area contributed by atoms with Gasteiger partial charge >= 0.3 is 5.97 Å². The Labute approximate surface area is 156 Å². The van der Waals surface area contributed by atoms with Crippen LogP contribution in [0, 0.1) is 17.6 Å². The van der Waals surface area contributed by atoms with Gasteiger partial charge in [-0.25, -0.2) is 8.78 Å². The van der Waals surface area contributed by atoms with E-state index in [1.54, 1.807) is 19.2 Å². The number of likely N-dealkylation sites (tertiary alicyclic amines) is 1. The van der Waals surface area contributed by atoms with E-state index >= 15 is 0 Å². The number of anilines is 1. The number of nitrogens with one attached hydrogen (secondary N) is 1. The maximum Gasteiger partial charge on any atom is 0.308 e. The van der Waals surface area contributed by atoms with E-state index in [4.69, 9.17) is 5.11 Å². The molecule has 0 bridgehead atoms. The van der Waals surface area contributed by atoms with Crippen LogP contribution >= 0.6 is 0 Å². The fourth-order valence-corrected chi connectivity index (χ4v) is 2.75. The summed E-state index contributed by atoms with van der Waals surface area (Å²) in [6, 6.07) is 11.5. The molecule has 3 rings (SSSR count). The molecule has 27 heavy (non-hydrogen) atoms. The maximum atomic E-state index is 12.8. The Morgan fingerprint density at radius 1 is 1.04 bits per heavy atom. The summed E-state index contributed by atoms with van der Waals surface area (Å²) in [5.74, 6) is -2.20. The molecule has 7 heteroatoms. The van der Waals surface area contributed by atoms with Crippen LogP contribution in [0.5, 0.6) is 0 Å². The minimum absolute atomic E-state index is 0.200. The molecule has 0 aromatic heterocycles. The van der Waals surface area contributed by atoms with E-state index in [0.717, 1.165) is 5.69 Å². The molecule has 0 aliphatic carbocycles. The normalized spacial score (nSPS) is 16.1. The number of halogens is 2. The average molecular weight is 376 g/mol. The number of hydrogen-bond acceptors (Lipinski definition) is 3. The second-order valence-corrected chi connectivity index (χ2v) is 6.19. The Morgan fingerprint density at radius 2 is 1.59 bits per heavy atom. The van der Waals surface area contributed by atoms with E-state index in [1.165, 1.54) is 41.3 Å². The fraction of sp³-hybridized carbons (Fsp3) is 0.300. The third-order valence-corrected chi connectivity index (χ3v) is 4.28. The highest BCUT2D eigenvalue weighted by Crippen LogP contribution is 2.19. The smallest absolute Gasteiger partial charge is 0.308 e. The van der Waals surface area contributed by atoms with Crippen LogP contribution in [0.15, 0.2) is 48.5 Å². The van der Waals surface area contributed by atoms with Crippen molar-refractivity contribution in [2.45, 2.75) is 12.8 Å². The van der Waals surface area contributed by atoms with Crippen LogP contribution < -0.4 is 5.32 Å². The maximum absolute atomic E-state index is 12.8. The van der Waals surface area contributed by atoms with E-state index in [2.05, 4.69) is 5.32 Å². The number of hydrogen-bond donors (Lipinski definition) is 2. The Balaban J connectivity index is 0.000000244. The van der Waals surface area contributed by atoms with Crippen molar-refractivity contribution < 1.29 is 23.5 Å². The highest BCUT2D eigenvalue weighted by atomic mass is 19.1. The topological polar surface area (TPSA) is 69.6 Å². The van der Waals surface area contributed by atoms with Crippen molar-refractivity contribution in [2.75, 3.05) is 25.5 Å². The molecular weight excluding hydrogens is 354 g/mol. The number of benzene rings is 2. The molecule has 1 amide bonds. The first kappa shape index (κ1) is 20.4. The summed E-state index contributed by atoms with van der Waals surface area (Å²) >= 11 is 0. The quantitative estimate of drug-likeness (QED) is 0.858. The zero-order chi connectivity index (χ0) is 19.8. The lowest BCUT2D eigenvalue weighted by Gasteiger charge is -2.30. The number of amides is 1. The van der Waals surface area contributed by atoms with Gasteiger partial charge in [0.1, 0.15) is 11.6 Å². The molecule has 0 radical (unpaired) electrons. The largest absolute Gasteiger partial charge is 0.481 e. The fourth-order valence-electron chi connectivity index (χ4n) is 2.75. The minimum Gasteiger partial charge on any atom is -0.481 e. The number of carboxylic acid groups (broad SMARTS) is 1. The number of carbonyl (C=O) groups is 2. The first-order chi connectivity index (χ1) is 12.9. The van der Waals surface area contributed by atoms with Crippen LogP contribution in [-0.2, 0) is 4.79 Å². The van der Waals surface area contributed by atoms with Crippen molar-refractivity contribution in [3.63, 3.8) is 0 Å². The number of carbonyl (C=O) groups excluding carboxylic acids is 1. The van der Waals surface area contributed by atoms with Gasteiger partial charge in [-0.3, -0.25) is 9.59 Å². The SMILES string of the molecule is CNc1ccc(F)cc1.O=C(O)[C@H]1CCCN(C(=O)c2ccc(F)cc2)C1. The Kier molecular flexibility index (Phi) is 7.28. The Morgan fingerprint density at radius 3 is 2.11 bits per heavy atom. The molecule has 0 spiro atoms. The summed E-state index contributed by atoms with van der Waals surface area (Å²) in [6.07, 6.45) is 1.28. The van der Waals surface area contributed by atoms with Crippen LogP contribution in [0.2, 0.25) is 0 Å². The number of carboxylic acids is 1. The van der Waals surface area contributed by atoms with Crippen molar-refractivity contribution in [3.05, 3.63) is 65.7 Å². The van der Waals surface area contributed by atoms with Gasteiger partial charge in [-0.1, -0.05) is 0 Å². The molecule has 1 aliphatic rings. The van der Waals surface area contributed by atoms with E-state index in [1.807, 2.05) is 0 Å². The molecule has 1 atom stereocenters. The number of nitrogens with zero attached hydrogens (tertiary/aromatic N) is 1. The summed E-state index contributed by atoms with van der Waals surface area (Å²) in [5.41, 5.74) is 1.32. The van der Waals surface area contributed by atoms with Crippen molar-refractivity contribution in [2.24, 2.45) is 5.92 Å². The van der Waals surface area contributed by atoms with Crippen LogP contribution in [0.25, 0.3) is 0 Å². The summed E-state index contributed by atoms with van der Waals surface area (Å²) in [7, 11) is 1.80. The molecule has 1 heterocycles. The minimum atomic E-state index is -0.869. The van der Waals surface area contributed by atoms with Crippen LogP contribution in [-0.4, -0.2) is 42.0 Å². The van der Waals surface area contributed by atoms with Crippen LogP contribution in [0.1, 0.15) is 23.2 Å². The summed E-state index contributed by atoms with van der Waals surface area (Å²) in [4.78, 5) is 24.5. The average Bonchev–Trinajstić information content (AvgIpc) is 2.69. The zero-order valence-electron chi connectivity index (χ0n) is 15.0. The van der Waals surface area contributed by atoms with Gasteiger partial charge in [0.2, 0.25) is 0 Å². The predicted octanol–water partition coefficient (Wildman–Crippen LogP) is 3.63. The highest BCUT2D eigenvalue weighted by molar-refractivity contribution is 5.94. The van der Waals surface area contributed by atoms with E-state index < -0.39 is 17.7 Å².